The largest absolute Gasteiger partial charge is 0.324 e. The summed E-state index contributed by atoms with van der Waals surface area (Å²) in [4.78, 5) is 31.8. The summed E-state index contributed by atoms with van der Waals surface area (Å²) in [6.45, 7) is 5.81. The van der Waals surface area contributed by atoms with E-state index >= 15 is 0 Å². The molecule has 7 heteroatoms. The number of carbonyl (C=O) groups is 1. The Morgan fingerprint density at radius 3 is 2.48 bits per heavy atom. The summed E-state index contributed by atoms with van der Waals surface area (Å²) in [6.07, 6.45) is 1.96. The van der Waals surface area contributed by atoms with Crippen LogP contribution in [-0.2, 0) is 4.79 Å². The van der Waals surface area contributed by atoms with E-state index in [1.54, 1.807) is 0 Å². The molecule has 1 amide bonds. The van der Waals surface area contributed by atoms with Crippen LogP contribution in [0.25, 0.3) is 21.3 Å². The van der Waals surface area contributed by atoms with Gasteiger partial charge in [0.05, 0.1) is 11.7 Å². The van der Waals surface area contributed by atoms with Gasteiger partial charge in [-0.05, 0) is 49.1 Å². The number of aryl methyl sites for hydroxylation is 2. The lowest BCUT2D eigenvalue weighted by molar-refractivity contribution is -0.119. The van der Waals surface area contributed by atoms with Crippen molar-refractivity contribution in [1.82, 2.24) is 9.55 Å². The molecule has 4 aromatic rings. The van der Waals surface area contributed by atoms with Crippen molar-refractivity contribution in [2.75, 3.05) is 5.32 Å². The summed E-state index contributed by atoms with van der Waals surface area (Å²) < 4.78 is 2.43. The van der Waals surface area contributed by atoms with Crippen LogP contribution in [0, 0.1) is 13.8 Å². The maximum absolute atomic E-state index is 13.5. The van der Waals surface area contributed by atoms with E-state index in [0.717, 1.165) is 32.4 Å². The molecule has 31 heavy (non-hydrogen) atoms. The fraction of sp³-hybridized carbons (Fsp3) is 0.208. The molecule has 0 aliphatic carbocycles. The van der Waals surface area contributed by atoms with Crippen molar-refractivity contribution < 1.29 is 4.79 Å². The van der Waals surface area contributed by atoms with Gasteiger partial charge >= 0.3 is 0 Å². The number of nitrogens with zero attached hydrogens (tertiary/aromatic N) is 2. The van der Waals surface area contributed by atoms with Gasteiger partial charge in [-0.3, -0.25) is 14.2 Å². The molecule has 158 valence electrons. The number of fused-ring (bicyclic) bond motifs is 1. The highest BCUT2D eigenvalue weighted by Gasteiger charge is 2.23. The van der Waals surface area contributed by atoms with E-state index in [0.29, 0.717) is 16.6 Å². The molecule has 1 unspecified atom stereocenters. The molecule has 0 aliphatic rings. The van der Waals surface area contributed by atoms with Crippen molar-refractivity contribution in [3.63, 3.8) is 0 Å². The van der Waals surface area contributed by atoms with Gasteiger partial charge in [-0.25, -0.2) is 4.98 Å². The lowest BCUT2D eigenvalue weighted by Crippen LogP contribution is -2.33. The topological polar surface area (TPSA) is 64.0 Å². The molecule has 0 saturated heterocycles. The van der Waals surface area contributed by atoms with E-state index in [1.807, 2.05) is 68.6 Å². The Bertz CT molecular complexity index is 1300. The van der Waals surface area contributed by atoms with E-state index in [1.165, 1.54) is 22.2 Å². The van der Waals surface area contributed by atoms with E-state index in [2.05, 4.69) is 26.2 Å². The van der Waals surface area contributed by atoms with Crippen molar-refractivity contribution in [3.8, 4) is 11.1 Å². The quantitative estimate of drug-likeness (QED) is 0.364. The summed E-state index contributed by atoms with van der Waals surface area (Å²) >= 11 is 4.88. The minimum atomic E-state index is -0.652. The molecular weight excluding hydrogens is 474 g/mol. The number of aromatic nitrogens is 2. The highest BCUT2D eigenvalue weighted by Crippen LogP contribution is 2.32. The van der Waals surface area contributed by atoms with Gasteiger partial charge < -0.3 is 5.32 Å². The highest BCUT2D eigenvalue weighted by molar-refractivity contribution is 9.10. The van der Waals surface area contributed by atoms with E-state index in [4.69, 9.17) is 0 Å². The fourth-order valence-corrected chi connectivity index (χ4v) is 4.91. The van der Waals surface area contributed by atoms with Crippen molar-refractivity contribution in [2.24, 2.45) is 0 Å². The van der Waals surface area contributed by atoms with Crippen molar-refractivity contribution in [2.45, 2.75) is 33.2 Å². The van der Waals surface area contributed by atoms with Crippen molar-refractivity contribution in [1.29, 1.82) is 0 Å². The number of carbonyl (C=O) groups excluding carboxylic acids is 1. The van der Waals surface area contributed by atoms with Crippen LogP contribution in [0.4, 0.5) is 5.69 Å². The Hall–Kier alpha value is -2.77. The second-order valence-corrected chi connectivity index (χ2v) is 9.25. The average Bonchev–Trinajstić information content (AvgIpc) is 3.18. The van der Waals surface area contributed by atoms with Gasteiger partial charge in [0.15, 0.2) is 0 Å². The molecule has 0 saturated carbocycles. The van der Waals surface area contributed by atoms with Crippen molar-refractivity contribution >= 4 is 49.1 Å². The molecule has 0 aliphatic heterocycles. The molecular formula is C24H22BrN3O2S. The minimum Gasteiger partial charge on any atom is -0.324 e. The Balaban J connectivity index is 1.76. The number of rotatable bonds is 5. The predicted octanol–water partition coefficient (Wildman–Crippen LogP) is 6.09. The third-order valence-electron chi connectivity index (χ3n) is 5.43. The third kappa shape index (κ3) is 4.07. The molecule has 0 spiro atoms. The van der Waals surface area contributed by atoms with Crippen LogP contribution in [0.5, 0.6) is 0 Å². The van der Waals surface area contributed by atoms with Gasteiger partial charge in [0, 0.05) is 21.1 Å². The predicted molar refractivity (Wildman–Crippen MR) is 131 cm³/mol. The molecule has 5 nitrogen and oxygen atoms in total. The maximum atomic E-state index is 13.5. The van der Waals surface area contributed by atoms with E-state index in [-0.39, 0.29) is 11.5 Å². The standard InChI is InChI=1S/C24H22BrN3O2S/c1-4-19(22(29)27-21-14(2)6-5-7-15(21)3)28-13-26-23-20(24(28)30)18(12-31-23)16-8-10-17(25)11-9-16/h5-13,19H,4H2,1-3H3,(H,27,29). The molecule has 2 heterocycles. The summed E-state index contributed by atoms with van der Waals surface area (Å²) in [6, 6.07) is 13.0. The fourth-order valence-electron chi connectivity index (χ4n) is 3.74. The first kappa shape index (κ1) is 21.5. The number of halogens is 1. The van der Waals surface area contributed by atoms with Crippen LogP contribution >= 0.6 is 27.3 Å². The second-order valence-electron chi connectivity index (χ2n) is 7.47. The Morgan fingerprint density at radius 2 is 1.84 bits per heavy atom. The van der Waals surface area contributed by atoms with Crippen LogP contribution in [0.2, 0.25) is 0 Å². The van der Waals surface area contributed by atoms with Crippen LogP contribution in [-0.4, -0.2) is 15.5 Å². The molecule has 2 aromatic carbocycles. The number of para-hydroxylation sites is 1. The Kier molecular flexibility index (Phi) is 6.07. The maximum Gasteiger partial charge on any atom is 0.263 e. The first-order chi connectivity index (χ1) is 14.9. The molecule has 2 aromatic heterocycles. The first-order valence-electron chi connectivity index (χ1n) is 10.0. The minimum absolute atomic E-state index is 0.201. The lowest BCUT2D eigenvalue weighted by atomic mass is 10.1. The third-order valence-corrected chi connectivity index (χ3v) is 6.84. The zero-order valence-electron chi connectivity index (χ0n) is 17.5. The van der Waals surface area contributed by atoms with Gasteiger partial charge in [0.2, 0.25) is 5.91 Å². The van der Waals surface area contributed by atoms with Gasteiger partial charge in [0.1, 0.15) is 10.9 Å². The number of hydrogen-bond donors (Lipinski definition) is 1. The zero-order chi connectivity index (χ0) is 22.1. The summed E-state index contributed by atoms with van der Waals surface area (Å²) in [5, 5.41) is 5.52. The Labute approximate surface area is 192 Å². The molecule has 0 radical (unpaired) electrons. The van der Waals surface area contributed by atoms with Crippen LogP contribution in [0.1, 0.15) is 30.5 Å². The molecule has 4 rings (SSSR count). The molecule has 1 atom stereocenters. The number of benzene rings is 2. The molecule has 0 fully saturated rings. The summed E-state index contributed by atoms with van der Waals surface area (Å²) in [7, 11) is 0. The summed E-state index contributed by atoms with van der Waals surface area (Å²) in [5.41, 5.74) is 4.34. The van der Waals surface area contributed by atoms with Crippen LogP contribution in [0.3, 0.4) is 0 Å². The molecule has 0 bridgehead atoms. The first-order valence-corrected chi connectivity index (χ1v) is 11.7. The number of thiophene rings is 1. The van der Waals surface area contributed by atoms with Gasteiger partial charge in [-0.2, -0.15) is 0 Å². The summed E-state index contributed by atoms with van der Waals surface area (Å²) in [5.74, 6) is -0.219. The zero-order valence-corrected chi connectivity index (χ0v) is 19.9. The molecule has 1 N–H and O–H groups in total. The number of anilines is 1. The van der Waals surface area contributed by atoms with Crippen LogP contribution < -0.4 is 10.9 Å². The average molecular weight is 496 g/mol. The van der Waals surface area contributed by atoms with Crippen molar-refractivity contribution in [3.05, 3.63) is 80.1 Å². The highest BCUT2D eigenvalue weighted by atomic mass is 79.9. The smallest absolute Gasteiger partial charge is 0.263 e. The van der Waals surface area contributed by atoms with E-state index in [9.17, 15) is 9.59 Å². The van der Waals surface area contributed by atoms with Gasteiger partial charge in [-0.1, -0.05) is 53.2 Å². The lowest BCUT2D eigenvalue weighted by Gasteiger charge is -2.19. The Morgan fingerprint density at radius 1 is 1.16 bits per heavy atom. The normalized spacial score (nSPS) is 12.1. The van der Waals surface area contributed by atoms with Gasteiger partial charge in [-0.15, -0.1) is 11.3 Å². The van der Waals surface area contributed by atoms with Crippen LogP contribution in [0.15, 0.2) is 63.4 Å². The van der Waals surface area contributed by atoms with Gasteiger partial charge in [0.25, 0.3) is 5.56 Å². The monoisotopic (exact) mass is 495 g/mol. The number of hydrogen-bond acceptors (Lipinski definition) is 4. The van der Waals surface area contributed by atoms with E-state index < -0.39 is 6.04 Å². The number of nitrogens with one attached hydrogen (secondary N) is 1. The number of amides is 1. The SMILES string of the molecule is CCC(C(=O)Nc1c(C)cccc1C)n1cnc2scc(-c3ccc(Br)cc3)c2c1=O. The second kappa shape index (κ2) is 8.77.